The second-order valence-corrected chi connectivity index (χ2v) is 5.31. The molecule has 18 heavy (non-hydrogen) atoms. The van der Waals surface area contributed by atoms with Gasteiger partial charge in [-0.3, -0.25) is 9.69 Å². The van der Waals surface area contributed by atoms with E-state index in [2.05, 4.69) is 4.90 Å². The van der Waals surface area contributed by atoms with E-state index in [1.54, 1.807) is 0 Å². The van der Waals surface area contributed by atoms with Gasteiger partial charge in [-0.2, -0.15) is 0 Å². The molecule has 1 amide bonds. The molecule has 1 heterocycles. The fourth-order valence-electron chi connectivity index (χ4n) is 2.42. The van der Waals surface area contributed by atoms with Gasteiger partial charge >= 0.3 is 0 Å². The average molecular weight is 256 g/mol. The van der Waals surface area contributed by atoms with Gasteiger partial charge in [0.25, 0.3) is 0 Å². The number of hydrogen-bond donors (Lipinski definition) is 1. The second kappa shape index (κ2) is 6.50. The second-order valence-electron chi connectivity index (χ2n) is 5.31. The quantitative estimate of drug-likeness (QED) is 0.731. The van der Waals surface area contributed by atoms with Crippen LogP contribution in [0.1, 0.15) is 25.7 Å². The van der Waals surface area contributed by atoms with Crippen LogP contribution in [0.25, 0.3) is 0 Å². The summed E-state index contributed by atoms with van der Waals surface area (Å²) < 4.78 is 5.51. The summed E-state index contributed by atoms with van der Waals surface area (Å²) in [7, 11) is 1.91. The third kappa shape index (κ3) is 3.93. The van der Waals surface area contributed by atoms with Crippen molar-refractivity contribution < 1.29 is 14.6 Å². The Hall–Kier alpha value is -0.650. The van der Waals surface area contributed by atoms with Crippen LogP contribution in [0.2, 0.25) is 0 Å². The molecule has 2 aliphatic rings. The fourth-order valence-corrected chi connectivity index (χ4v) is 2.42. The third-order valence-electron chi connectivity index (χ3n) is 3.83. The number of aliphatic hydroxyl groups is 1. The number of aliphatic hydroxyl groups excluding tert-OH is 1. The maximum Gasteiger partial charge on any atom is 0.236 e. The lowest BCUT2D eigenvalue weighted by Crippen LogP contribution is -2.44. The first-order valence-corrected chi connectivity index (χ1v) is 6.91. The number of likely N-dealkylation sites (tertiary alicyclic amines) is 1. The molecule has 0 bridgehead atoms. The number of carbonyl (C=O) groups excluding carboxylic acids is 1. The molecular formula is C13H24N2O3. The standard InChI is InChI=1S/C13H24N2O3/c1-14(11-2-3-11)13(17)10-15-6-4-12(5-7-15)18-9-8-16/h11-12,16H,2-10H2,1H3. The summed E-state index contributed by atoms with van der Waals surface area (Å²) in [6.07, 6.45) is 4.50. The smallest absolute Gasteiger partial charge is 0.236 e. The van der Waals surface area contributed by atoms with Crippen molar-refractivity contribution >= 4 is 5.91 Å². The van der Waals surface area contributed by atoms with Crippen LogP contribution in [0.4, 0.5) is 0 Å². The zero-order chi connectivity index (χ0) is 13.0. The summed E-state index contributed by atoms with van der Waals surface area (Å²) in [6.45, 7) is 2.89. The molecule has 5 heteroatoms. The Kier molecular flexibility index (Phi) is 4.97. The molecule has 0 aromatic carbocycles. The molecule has 1 aliphatic heterocycles. The largest absolute Gasteiger partial charge is 0.394 e. The number of ether oxygens (including phenoxy) is 1. The highest BCUT2D eigenvalue weighted by Crippen LogP contribution is 2.25. The van der Waals surface area contributed by atoms with Gasteiger partial charge in [-0.15, -0.1) is 0 Å². The molecule has 1 aliphatic carbocycles. The SMILES string of the molecule is CN(C(=O)CN1CCC(OCCO)CC1)C1CC1. The van der Waals surface area contributed by atoms with Gasteiger partial charge in [-0.25, -0.2) is 0 Å². The van der Waals surface area contributed by atoms with E-state index in [-0.39, 0.29) is 18.6 Å². The van der Waals surface area contributed by atoms with Crippen LogP contribution in [0.15, 0.2) is 0 Å². The Bertz CT molecular complexity index is 273. The van der Waals surface area contributed by atoms with Crippen LogP contribution in [0.3, 0.4) is 0 Å². The Morgan fingerprint density at radius 3 is 2.56 bits per heavy atom. The lowest BCUT2D eigenvalue weighted by atomic mass is 10.1. The molecule has 5 nitrogen and oxygen atoms in total. The third-order valence-corrected chi connectivity index (χ3v) is 3.83. The summed E-state index contributed by atoms with van der Waals surface area (Å²) in [5.41, 5.74) is 0. The van der Waals surface area contributed by atoms with Crippen molar-refractivity contribution in [2.45, 2.75) is 37.8 Å². The highest BCUT2D eigenvalue weighted by molar-refractivity contribution is 5.78. The maximum atomic E-state index is 12.0. The van der Waals surface area contributed by atoms with E-state index in [1.807, 2.05) is 11.9 Å². The monoisotopic (exact) mass is 256 g/mol. The number of hydrogen-bond acceptors (Lipinski definition) is 4. The molecule has 2 rings (SSSR count). The molecule has 104 valence electrons. The van der Waals surface area contributed by atoms with E-state index < -0.39 is 0 Å². The Morgan fingerprint density at radius 1 is 1.33 bits per heavy atom. The minimum Gasteiger partial charge on any atom is -0.394 e. The molecule has 0 spiro atoms. The normalized spacial score (nSPS) is 22.1. The molecule has 2 fully saturated rings. The summed E-state index contributed by atoms with van der Waals surface area (Å²) >= 11 is 0. The molecule has 1 N–H and O–H groups in total. The summed E-state index contributed by atoms with van der Waals surface area (Å²) in [5.74, 6) is 0.243. The highest BCUT2D eigenvalue weighted by atomic mass is 16.5. The maximum absolute atomic E-state index is 12.0. The molecule has 0 atom stereocenters. The Morgan fingerprint density at radius 2 is 2.00 bits per heavy atom. The van der Waals surface area contributed by atoms with Crippen LogP contribution in [-0.2, 0) is 9.53 Å². The number of amides is 1. The number of likely N-dealkylation sites (N-methyl/N-ethyl adjacent to an activating group) is 1. The molecule has 0 aromatic heterocycles. The molecule has 0 unspecified atom stereocenters. The first-order chi connectivity index (χ1) is 8.70. The van der Waals surface area contributed by atoms with Gasteiger partial charge < -0.3 is 14.7 Å². The number of rotatable bonds is 6. The van der Waals surface area contributed by atoms with E-state index in [0.717, 1.165) is 25.9 Å². The van der Waals surface area contributed by atoms with Crippen LogP contribution in [0.5, 0.6) is 0 Å². The van der Waals surface area contributed by atoms with E-state index in [1.165, 1.54) is 12.8 Å². The van der Waals surface area contributed by atoms with Gasteiger partial charge in [0.05, 0.1) is 25.9 Å². The lowest BCUT2D eigenvalue weighted by Gasteiger charge is -2.32. The number of piperidine rings is 1. The van der Waals surface area contributed by atoms with Crippen molar-refractivity contribution in [1.29, 1.82) is 0 Å². The molecule has 1 saturated heterocycles. The highest BCUT2D eigenvalue weighted by Gasteiger charge is 2.30. The first kappa shape index (κ1) is 13.8. The first-order valence-electron chi connectivity index (χ1n) is 6.91. The zero-order valence-electron chi connectivity index (χ0n) is 11.2. The summed E-state index contributed by atoms with van der Waals surface area (Å²) in [4.78, 5) is 16.1. The van der Waals surface area contributed by atoms with Crippen LogP contribution in [0, 0.1) is 0 Å². The van der Waals surface area contributed by atoms with E-state index in [4.69, 9.17) is 9.84 Å². The van der Waals surface area contributed by atoms with Crippen LogP contribution < -0.4 is 0 Å². The van der Waals surface area contributed by atoms with Crippen molar-refractivity contribution in [3.05, 3.63) is 0 Å². The molecule has 0 radical (unpaired) electrons. The Labute approximate surface area is 109 Å². The minimum atomic E-state index is 0.0882. The van der Waals surface area contributed by atoms with Crippen LogP contribution in [-0.4, -0.2) is 72.9 Å². The number of carbonyl (C=O) groups is 1. The van der Waals surface area contributed by atoms with Gasteiger partial charge in [0.2, 0.25) is 5.91 Å². The Balaban J connectivity index is 1.65. The van der Waals surface area contributed by atoms with Crippen molar-refractivity contribution in [3.8, 4) is 0 Å². The predicted molar refractivity (Wildman–Crippen MR) is 68.3 cm³/mol. The minimum absolute atomic E-state index is 0.0882. The van der Waals surface area contributed by atoms with Crippen molar-refractivity contribution in [2.75, 3.05) is 39.9 Å². The van der Waals surface area contributed by atoms with Gasteiger partial charge in [-0.1, -0.05) is 0 Å². The number of nitrogens with zero attached hydrogens (tertiary/aromatic N) is 2. The molecular weight excluding hydrogens is 232 g/mol. The van der Waals surface area contributed by atoms with Gasteiger partial charge in [0.15, 0.2) is 0 Å². The van der Waals surface area contributed by atoms with Crippen molar-refractivity contribution in [3.63, 3.8) is 0 Å². The topological polar surface area (TPSA) is 53.0 Å². The fraction of sp³-hybridized carbons (Fsp3) is 0.923. The molecule has 1 saturated carbocycles. The van der Waals surface area contributed by atoms with Gasteiger partial charge in [0, 0.05) is 26.2 Å². The average Bonchev–Trinajstić information content (AvgIpc) is 3.21. The van der Waals surface area contributed by atoms with Crippen molar-refractivity contribution in [1.82, 2.24) is 9.80 Å². The van der Waals surface area contributed by atoms with E-state index >= 15 is 0 Å². The van der Waals surface area contributed by atoms with E-state index in [0.29, 0.717) is 19.2 Å². The zero-order valence-corrected chi connectivity index (χ0v) is 11.2. The lowest BCUT2D eigenvalue weighted by molar-refractivity contribution is -0.132. The summed E-state index contributed by atoms with van der Waals surface area (Å²) in [5, 5.41) is 8.70. The van der Waals surface area contributed by atoms with E-state index in [9.17, 15) is 4.79 Å². The molecule has 0 aromatic rings. The van der Waals surface area contributed by atoms with Crippen molar-refractivity contribution in [2.24, 2.45) is 0 Å². The van der Waals surface area contributed by atoms with Gasteiger partial charge in [0.1, 0.15) is 0 Å². The predicted octanol–water partition coefficient (Wildman–Crippen LogP) is 0.0805. The summed E-state index contributed by atoms with van der Waals surface area (Å²) in [6, 6.07) is 0.503. The van der Waals surface area contributed by atoms with Crippen LogP contribution >= 0.6 is 0 Å². The van der Waals surface area contributed by atoms with Gasteiger partial charge in [-0.05, 0) is 25.7 Å².